The van der Waals surface area contributed by atoms with Gasteiger partial charge in [-0.25, -0.2) is 13.2 Å². The van der Waals surface area contributed by atoms with Gasteiger partial charge < -0.3 is 9.84 Å². The van der Waals surface area contributed by atoms with Gasteiger partial charge >= 0.3 is 5.97 Å². The van der Waals surface area contributed by atoms with E-state index in [1.54, 1.807) is 25.1 Å². The zero-order chi connectivity index (χ0) is 14.0. The molecule has 1 aliphatic rings. The fourth-order valence-electron chi connectivity index (χ4n) is 1.92. The third kappa shape index (κ3) is 2.94. The average Bonchev–Trinajstić information content (AvgIpc) is 2.39. The summed E-state index contributed by atoms with van der Waals surface area (Å²) in [4.78, 5) is 11.1. The fourth-order valence-corrected chi connectivity index (χ4v) is 3.45. The lowest BCUT2D eigenvalue weighted by atomic mass is 10.2. The van der Waals surface area contributed by atoms with E-state index < -0.39 is 22.1 Å². The van der Waals surface area contributed by atoms with Crippen molar-refractivity contribution in [1.29, 1.82) is 0 Å². The normalized spacial score (nSPS) is 21.2. The predicted molar refractivity (Wildman–Crippen MR) is 67.3 cm³/mol. The van der Waals surface area contributed by atoms with Gasteiger partial charge in [-0.2, -0.15) is 4.31 Å². The molecule has 0 aromatic heterocycles. The highest BCUT2D eigenvalue weighted by molar-refractivity contribution is 7.89. The topological polar surface area (TPSA) is 83.9 Å². The number of carboxylic acids is 1. The molecule has 104 valence electrons. The molecule has 0 aliphatic carbocycles. The predicted octanol–water partition coefficient (Wildman–Crippen LogP) is 0.469. The van der Waals surface area contributed by atoms with Gasteiger partial charge in [0.2, 0.25) is 10.0 Å². The maximum Gasteiger partial charge on any atom is 0.334 e. The minimum absolute atomic E-state index is 0.0853. The molecule has 2 rings (SSSR count). The first-order chi connectivity index (χ1) is 8.91. The van der Waals surface area contributed by atoms with E-state index in [1.165, 1.54) is 6.07 Å². The second-order valence-electron chi connectivity index (χ2n) is 4.38. The number of benzene rings is 1. The van der Waals surface area contributed by atoms with Gasteiger partial charge in [-0.05, 0) is 24.6 Å². The molecule has 1 fully saturated rings. The van der Waals surface area contributed by atoms with Gasteiger partial charge in [-0.3, -0.25) is 0 Å². The first-order valence-corrected chi connectivity index (χ1v) is 7.26. The highest BCUT2D eigenvalue weighted by atomic mass is 32.2. The Morgan fingerprint density at radius 1 is 1.47 bits per heavy atom. The van der Waals surface area contributed by atoms with Gasteiger partial charge in [0.05, 0.1) is 18.0 Å². The molecule has 1 saturated heterocycles. The van der Waals surface area contributed by atoms with Gasteiger partial charge in [0.1, 0.15) is 0 Å². The molecule has 1 aliphatic heterocycles. The largest absolute Gasteiger partial charge is 0.479 e. The number of rotatable bonds is 3. The standard InChI is InChI=1S/C12H15NO5S/c1-9-3-2-4-10(7-9)19(16,17)13-5-6-18-11(8-13)12(14)15/h2-4,7,11H,5-6,8H2,1H3,(H,14,15). The Kier molecular flexibility index (Phi) is 3.88. The van der Waals surface area contributed by atoms with Crippen molar-refractivity contribution in [3.63, 3.8) is 0 Å². The minimum Gasteiger partial charge on any atom is -0.479 e. The van der Waals surface area contributed by atoms with Crippen molar-refractivity contribution in [3.05, 3.63) is 29.8 Å². The lowest BCUT2D eigenvalue weighted by molar-refractivity contribution is -0.153. The third-order valence-electron chi connectivity index (χ3n) is 2.93. The molecule has 0 amide bonds. The van der Waals surface area contributed by atoms with Crippen molar-refractivity contribution in [1.82, 2.24) is 4.31 Å². The first-order valence-electron chi connectivity index (χ1n) is 5.82. The SMILES string of the molecule is Cc1cccc(S(=O)(=O)N2CCOC(C(=O)O)C2)c1. The smallest absolute Gasteiger partial charge is 0.334 e. The molecule has 7 heteroatoms. The van der Waals surface area contributed by atoms with Crippen LogP contribution >= 0.6 is 0 Å². The van der Waals surface area contributed by atoms with Crippen LogP contribution < -0.4 is 0 Å². The number of ether oxygens (including phenoxy) is 1. The molecule has 1 aromatic carbocycles. The molecule has 0 radical (unpaired) electrons. The van der Waals surface area contributed by atoms with Gasteiger partial charge in [0, 0.05) is 6.54 Å². The van der Waals surface area contributed by atoms with E-state index in [0.717, 1.165) is 9.87 Å². The maximum absolute atomic E-state index is 12.4. The van der Waals surface area contributed by atoms with Crippen molar-refractivity contribution < 1.29 is 23.1 Å². The molecule has 6 nitrogen and oxygen atoms in total. The van der Waals surface area contributed by atoms with Crippen LogP contribution in [0.1, 0.15) is 5.56 Å². The summed E-state index contributed by atoms with van der Waals surface area (Å²) < 4.78 is 30.9. The van der Waals surface area contributed by atoms with E-state index in [9.17, 15) is 13.2 Å². The lowest BCUT2D eigenvalue weighted by Gasteiger charge is -2.30. The molecular formula is C12H15NO5S. The quantitative estimate of drug-likeness (QED) is 0.872. The summed E-state index contributed by atoms with van der Waals surface area (Å²) in [6.07, 6.45) is -1.10. The summed E-state index contributed by atoms with van der Waals surface area (Å²) >= 11 is 0. The Hall–Kier alpha value is -1.44. The van der Waals surface area contributed by atoms with Crippen LogP contribution in [0.4, 0.5) is 0 Å². The van der Waals surface area contributed by atoms with Crippen molar-refractivity contribution in [3.8, 4) is 0 Å². The van der Waals surface area contributed by atoms with E-state index in [1.807, 2.05) is 0 Å². The van der Waals surface area contributed by atoms with E-state index in [-0.39, 0.29) is 24.6 Å². The van der Waals surface area contributed by atoms with Crippen molar-refractivity contribution in [2.45, 2.75) is 17.9 Å². The molecule has 1 aromatic rings. The van der Waals surface area contributed by atoms with Gasteiger partial charge in [-0.1, -0.05) is 12.1 Å². The number of sulfonamides is 1. The highest BCUT2D eigenvalue weighted by Gasteiger charge is 2.33. The monoisotopic (exact) mass is 285 g/mol. The average molecular weight is 285 g/mol. The molecule has 0 spiro atoms. The highest BCUT2D eigenvalue weighted by Crippen LogP contribution is 2.19. The number of nitrogens with zero attached hydrogens (tertiary/aromatic N) is 1. The van der Waals surface area contributed by atoms with Gasteiger partial charge in [0.15, 0.2) is 6.10 Å². The Balaban J connectivity index is 2.27. The summed E-state index contributed by atoms with van der Waals surface area (Å²) in [5, 5.41) is 8.89. The Morgan fingerprint density at radius 2 is 2.21 bits per heavy atom. The van der Waals surface area contributed by atoms with Gasteiger partial charge in [0.25, 0.3) is 0 Å². The van der Waals surface area contributed by atoms with Crippen molar-refractivity contribution in [2.75, 3.05) is 19.7 Å². The minimum atomic E-state index is -3.66. The molecule has 1 atom stereocenters. The number of aliphatic carboxylic acids is 1. The van der Waals surface area contributed by atoms with Crippen LogP contribution in [0.5, 0.6) is 0 Å². The van der Waals surface area contributed by atoms with Crippen molar-refractivity contribution >= 4 is 16.0 Å². The zero-order valence-electron chi connectivity index (χ0n) is 10.4. The summed E-state index contributed by atoms with van der Waals surface area (Å²) in [6, 6.07) is 6.55. The number of carboxylic acid groups (broad SMARTS) is 1. The van der Waals surface area contributed by atoms with Gasteiger partial charge in [-0.15, -0.1) is 0 Å². The van der Waals surface area contributed by atoms with Crippen LogP contribution in [0.25, 0.3) is 0 Å². The number of aryl methyl sites for hydroxylation is 1. The van der Waals surface area contributed by atoms with E-state index >= 15 is 0 Å². The second-order valence-corrected chi connectivity index (χ2v) is 6.32. The van der Waals surface area contributed by atoms with Crippen LogP contribution in [0.2, 0.25) is 0 Å². The number of carbonyl (C=O) groups is 1. The molecule has 1 heterocycles. The molecule has 0 saturated carbocycles. The fraction of sp³-hybridized carbons (Fsp3) is 0.417. The van der Waals surface area contributed by atoms with Crippen LogP contribution in [-0.2, 0) is 19.6 Å². The number of hydrogen-bond acceptors (Lipinski definition) is 4. The summed E-state index contributed by atoms with van der Waals surface area (Å²) in [5.41, 5.74) is 0.837. The van der Waals surface area contributed by atoms with Crippen molar-refractivity contribution in [2.24, 2.45) is 0 Å². The van der Waals surface area contributed by atoms with Crippen LogP contribution in [0.3, 0.4) is 0 Å². The van der Waals surface area contributed by atoms with Crippen LogP contribution in [0, 0.1) is 6.92 Å². The molecule has 19 heavy (non-hydrogen) atoms. The summed E-state index contributed by atoms with van der Waals surface area (Å²) in [5.74, 6) is -1.15. The maximum atomic E-state index is 12.4. The molecule has 1 N–H and O–H groups in total. The van der Waals surface area contributed by atoms with E-state index in [0.29, 0.717) is 0 Å². The molecule has 1 unspecified atom stereocenters. The molecule has 0 bridgehead atoms. The van der Waals surface area contributed by atoms with Crippen LogP contribution in [-0.4, -0.2) is 49.6 Å². The Morgan fingerprint density at radius 3 is 2.84 bits per heavy atom. The molecular weight excluding hydrogens is 270 g/mol. The lowest BCUT2D eigenvalue weighted by Crippen LogP contribution is -2.48. The third-order valence-corrected chi connectivity index (χ3v) is 4.79. The summed E-state index contributed by atoms with van der Waals surface area (Å²) in [6.45, 7) is 1.89. The zero-order valence-corrected chi connectivity index (χ0v) is 11.3. The number of hydrogen-bond donors (Lipinski definition) is 1. The summed E-state index contributed by atoms with van der Waals surface area (Å²) in [7, 11) is -3.66. The number of morpholine rings is 1. The Labute approximate surface area is 111 Å². The van der Waals surface area contributed by atoms with E-state index in [2.05, 4.69) is 0 Å². The Bertz CT molecular complexity index is 584. The van der Waals surface area contributed by atoms with E-state index in [4.69, 9.17) is 9.84 Å². The van der Waals surface area contributed by atoms with Crippen LogP contribution in [0.15, 0.2) is 29.2 Å². The first kappa shape index (κ1) is 14.0. The second kappa shape index (κ2) is 5.28.